The highest BCUT2D eigenvalue weighted by Gasteiger charge is 2.36. The van der Waals surface area contributed by atoms with Crippen molar-refractivity contribution in [3.63, 3.8) is 0 Å². The summed E-state index contributed by atoms with van der Waals surface area (Å²) in [6.45, 7) is 0.0575. The summed E-state index contributed by atoms with van der Waals surface area (Å²) in [6.07, 6.45) is 3.79. The summed E-state index contributed by atoms with van der Waals surface area (Å²) in [5.41, 5.74) is 10.1. The van der Waals surface area contributed by atoms with E-state index in [4.69, 9.17) is 5.53 Å². The zero-order valence-corrected chi connectivity index (χ0v) is 12.1. The monoisotopic (exact) mass is 306 g/mol. The second-order valence-corrected chi connectivity index (χ2v) is 6.06. The van der Waals surface area contributed by atoms with Gasteiger partial charge in [-0.3, -0.25) is 0 Å². The number of nitrogens with one attached hydrogen (secondary N) is 1. The van der Waals surface area contributed by atoms with Gasteiger partial charge in [-0.25, -0.2) is 15.0 Å². The molecule has 0 bridgehead atoms. The van der Waals surface area contributed by atoms with Gasteiger partial charge < -0.3 is 15.0 Å². The Labute approximate surface area is 124 Å². The van der Waals surface area contributed by atoms with Crippen LogP contribution >= 0.6 is 11.8 Å². The number of anilines is 1. The molecule has 1 aliphatic rings. The van der Waals surface area contributed by atoms with Crippen LogP contribution in [0.2, 0.25) is 0 Å². The maximum Gasteiger partial charge on any atom is 0.166 e. The van der Waals surface area contributed by atoms with E-state index in [1.54, 1.807) is 25.1 Å². The Morgan fingerprint density at radius 2 is 2.43 bits per heavy atom. The van der Waals surface area contributed by atoms with Crippen molar-refractivity contribution in [2.75, 3.05) is 19.0 Å². The zero-order chi connectivity index (χ0) is 14.8. The largest absolute Gasteiger partial charge is 0.395 e. The number of azide groups is 1. The minimum absolute atomic E-state index is 0.0496. The minimum Gasteiger partial charge on any atom is -0.395 e. The van der Waals surface area contributed by atoms with Crippen LogP contribution in [0.4, 0.5) is 5.82 Å². The third-order valence-corrected chi connectivity index (χ3v) is 4.99. The van der Waals surface area contributed by atoms with Crippen LogP contribution in [-0.2, 0) is 0 Å². The van der Waals surface area contributed by atoms with Gasteiger partial charge in [-0.2, -0.15) is 0 Å². The fourth-order valence-electron chi connectivity index (χ4n) is 2.49. The van der Waals surface area contributed by atoms with E-state index in [1.165, 1.54) is 6.33 Å². The molecule has 0 saturated carbocycles. The Hall–Kier alpha value is -2.03. The molecule has 1 fully saturated rings. The van der Waals surface area contributed by atoms with Crippen molar-refractivity contribution in [1.29, 1.82) is 0 Å². The first kappa shape index (κ1) is 13.9. The second-order valence-electron chi connectivity index (χ2n) is 4.64. The fraction of sp³-hybridized carbons (Fsp3) is 0.545. The number of hydrogen-bond acceptors (Lipinski definition) is 7. The van der Waals surface area contributed by atoms with Crippen molar-refractivity contribution >= 4 is 28.7 Å². The average molecular weight is 306 g/mol. The Kier molecular flexibility index (Phi) is 3.82. The van der Waals surface area contributed by atoms with Gasteiger partial charge >= 0.3 is 0 Å². The second kappa shape index (κ2) is 5.76. The van der Waals surface area contributed by atoms with Gasteiger partial charge in [-0.15, -0.1) is 11.8 Å². The zero-order valence-electron chi connectivity index (χ0n) is 11.3. The summed E-state index contributed by atoms with van der Waals surface area (Å²) in [6, 6.07) is -0.234. The predicted octanol–water partition coefficient (Wildman–Crippen LogP) is 1.54. The third kappa shape index (κ3) is 2.37. The number of aromatic nitrogens is 4. The van der Waals surface area contributed by atoms with Crippen LogP contribution in [0, 0.1) is 0 Å². The summed E-state index contributed by atoms with van der Waals surface area (Å²) >= 11 is 1.57. The van der Waals surface area contributed by atoms with Crippen LogP contribution in [0.1, 0.15) is 11.8 Å². The van der Waals surface area contributed by atoms with Gasteiger partial charge in [0.2, 0.25) is 0 Å². The first-order valence-corrected chi connectivity index (χ1v) is 7.38. The lowest BCUT2D eigenvalue weighted by Gasteiger charge is -2.16. The molecule has 0 radical (unpaired) electrons. The first-order chi connectivity index (χ1) is 10.3. The van der Waals surface area contributed by atoms with Gasteiger partial charge in [-0.1, -0.05) is 5.11 Å². The molecule has 0 amide bonds. The molecule has 21 heavy (non-hydrogen) atoms. The number of aliphatic hydroxyl groups excluding tert-OH is 1. The van der Waals surface area contributed by atoms with E-state index in [0.29, 0.717) is 23.4 Å². The molecule has 0 aliphatic carbocycles. The Morgan fingerprint density at radius 1 is 1.57 bits per heavy atom. The predicted molar refractivity (Wildman–Crippen MR) is 79.9 cm³/mol. The highest BCUT2D eigenvalue weighted by Crippen LogP contribution is 2.44. The molecule has 0 aromatic carbocycles. The van der Waals surface area contributed by atoms with Crippen LogP contribution in [0.3, 0.4) is 0 Å². The van der Waals surface area contributed by atoms with Gasteiger partial charge in [0, 0.05) is 17.2 Å². The SMILES string of the molecule is CNc1ncnc2c1ncn2[C@H]1S[C@H](CO)C[C@H]1N=[N+]=[N-]. The molecule has 3 atom stereocenters. The van der Waals surface area contributed by atoms with E-state index in [1.807, 2.05) is 4.57 Å². The molecule has 0 unspecified atom stereocenters. The summed E-state index contributed by atoms with van der Waals surface area (Å²) < 4.78 is 1.89. The van der Waals surface area contributed by atoms with E-state index in [2.05, 4.69) is 30.3 Å². The van der Waals surface area contributed by atoms with E-state index < -0.39 is 0 Å². The molecule has 2 N–H and O–H groups in total. The van der Waals surface area contributed by atoms with Crippen molar-refractivity contribution in [2.24, 2.45) is 5.11 Å². The molecule has 1 aliphatic heterocycles. The van der Waals surface area contributed by atoms with Crippen LogP contribution in [-0.4, -0.2) is 49.6 Å². The molecule has 2 aromatic rings. The highest BCUT2D eigenvalue weighted by molar-refractivity contribution is 8.00. The molecule has 3 rings (SSSR count). The smallest absolute Gasteiger partial charge is 0.166 e. The van der Waals surface area contributed by atoms with Crippen LogP contribution in [0.25, 0.3) is 21.6 Å². The number of imidazole rings is 1. The average Bonchev–Trinajstić information content (AvgIpc) is 3.10. The molecule has 9 nitrogen and oxygen atoms in total. The van der Waals surface area contributed by atoms with Gasteiger partial charge in [-0.05, 0) is 12.0 Å². The van der Waals surface area contributed by atoms with E-state index in [-0.39, 0.29) is 23.3 Å². The Morgan fingerprint density at radius 3 is 3.14 bits per heavy atom. The van der Waals surface area contributed by atoms with Gasteiger partial charge in [0.05, 0.1) is 24.3 Å². The Balaban J connectivity index is 2.05. The van der Waals surface area contributed by atoms with Gasteiger partial charge in [0.15, 0.2) is 11.5 Å². The van der Waals surface area contributed by atoms with Crippen molar-refractivity contribution in [3.8, 4) is 0 Å². The maximum atomic E-state index is 9.35. The van der Waals surface area contributed by atoms with E-state index >= 15 is 0 Å². The molecular formula is C11H14N8OS. The molecular weight excluding hydrogens is 292 g/mol. The van der Waals surface area contributed by atoms with Gasteiger partial charge in [0.25, 0.3) is 0 Å². The summed E-state index contributed by atoms with van der Waals surface area (Å²) in [5, 5.41) is 16.1. The lowest BCUT2D eigenvalue weighted by Crippen LogP contribution is -2.14. The van der Waals surface area contributed by atoms with Crippen molar-refractivity contribution in [3.05, 3.63) is 23.1 Å². The molecule has 110 valence electrons. The van der Waals surface area contributed by atoms with Crippen molar-refractivity contribution in [2.45, 2.75) is 23.1 Å². The maximum absolute atomic E-state index is 9.35. The van der Waals surface area contributed by atoms with Crippen molar-refractivity contribution in [1.82, 2.24) is 19.5 Å². The third-order valence-electron chi connectivity index (χ3n) is 3.44. The Bertz CT molecular complexity index is 697. The lowest BCUT2D eigenvalue weighted by atomic mass is 10.2. The number of fused-ring (bicyclic) bond motifs is 1. The quantitative estimate of drug-likeness (QED) is 0.501. The number of aliphatic hydroxyl groups is 1. The number of rotatable bonds is 4. The van der Waals surface area contributed by atoms with Crippen LogP contribution in [0.15, 0.2) is 17.8 Å². The van der Waals surface area contributed by atoms with Crippen molar-refractivity contribution < 1.29 is 5.11 Å². The van der Waals surface area contributed by atoms with Crippen LogP contribution in [0.5, 0.6) is 0 Å². The topological polar surface area (TPSA) is 125 Å². The summed E-state index contributed by atoms with van der Waals surface area (Å²) in [4.78, 5) is 15.7. The summed E-state index contributed by atoms with van der Waals surface area (Å²) in [7, 11) is 1.77. The van der Waals surface area contributed by atoms with E-state index in [0.717, 1.165) is 0 Å². The number of nitrogens with zero attached hydrogens (tertiary/aromatic N) is 7. The first-order valence-electron chi connectivity index (χ1n) is 6.44. The molecule has 2 aromatic heterocycles. The van der Waals surface area contributed by atoms with Crippen LogP contribution < -0.4 is 5.32 Å². The lowest BCUT2D eigenvalue weighted by molar-refractivity contribution is 0.289. The standard InChI is InChI=1S/C11H14N8OS/c1-13-9-8-10(15-4-14-9)19(5-16-8)11-7(17-18-12)2-6(3-20)21-11/h4-7,11,20H,2-3H2,1H3,(H,13,14,15)/t6-,7+,11-/m0/s1. The normalized spacial score (nSPS) is 25.0. The number of thioether (sulfide) groups is 1. The molecule has 1 saturated heterocycles. The molecule has 3 heterocycles. The number of hydrogen-bond donors (Lipinski definition) is 2. The summed E-state index contributed by atoms with van der Waals surface area (Å²) in [5.74, 6) is 0.654. The highest BCUT2D eigenvalue weighted by atomic mass is 32.2. The van der Waals surface area contributed by atoms with Gasteiger partial charge in [0.1, 0.15) is 11.8 Å². The van der Waals surface area contributed by atoms with E-state index in [9.17, 15) is 5.11 Å². The molecule has 0 spiro atoms. The molecule has 10 heteroatoms. The minimum atomic E-state index is -0.234. The fourth-order valence-corrected chi connectivity index (χ4v) is 3.91.